The Morgan fingerprint density at radius 1 is 1.37 bits per heavy atom. The highest BCUT2D eigenvalue weighted by molar-refractivity contribution is 5.52. The lowest BCUT2D eigenvalue weighted by molar-refractivity contribution is 0.393. The summed E-state index contributed by atoms with van der Waals surface area (Å²) in [4.78, 5) is 4.15. The molecule has 0 atom stereocenters. The van der Waals surface area contributed by atoms with Crippen LogP contribution in [0.2, 0.25) is 0 Å². The van der Waals surface area contributed by atoms with Gasteiger partial charge in [0.1, 0.15) is 0 Å². The van der Waals surface area contributed by atoms with Gasteiger partial charge in [-0.2, -0.15) is 5.26 Å². The first-order chi connectivity index (χ1) is 9.24. The van der Waals surface area contributed by atoms with Gasteiger partial charge >= 0.3 is 0 Å². The molecule has 1 aromatic heterocycles. The van der Waals surface area contributed by atoms with Crippen molar-refractivity contribution in [2.24, 2.45) is 0 Å². The van der Waals surface area contributed by atoms with Gasteiger partial charge in [-0.1, -0.05) is 6.07 Å². The number of rotatable bonds is 4. The Labute approximate surface area is 112 Å². The summed E-state index contributed by atoms with van der Waals surface area (Å²) in [5, 5.41) is 12.2. The molecule has 0 saturated heterocycles. The number of aryl methyl sites for hydroxylation is 1. The fourth-order valence-electron chi connectivity index (χ4n) is 1.84. The molecule has 0 spiro atoms. The third kappa shape index (κ3) is 3.02. The summed E-state index contributed by atoms with van der Waals surface area (Å²) < 4.78 is 5.20. The Bertz CT molecular complexity index is 617. The summed E-state index contributed by atoms with van der Waals surface area (Å²) in [6.45, 7) is 2.55. The smallest absolute Gasteiger partial charge is 0.218 e. The van der Waals surface area contributed by atoms with Gasteiger partial charge in [-0.25, -0.2) is 4.98 Å². The molecule has 0 aliphatic carbocycles. The van der Waals surface area contributed by atoms with Crippen LogP contribution in [0.25, 0.3) is 0 Å². The molecule has 0 fully saturated rings. The molecule has 2 rings (SSSR count). The van der Waals surface area contributed by atoms with Gasteiger partial charge in [-0.3, -0.25) is 0 Å². The molecule has 0 bridgehead atoms. The summed E-state index contributed by atoms with van der Waals surface area (Å²) in [5.74, 6) is 0.625. The third-order valence-corrected chi connectivity index (χ3v) is 2.87. The van der Waals surface area contributed by atoms with Gasteiger partial charge in [0, 0.05) is 24.0 Å². The Kier molecular flexibility index (Phi) is 3.99. The summed E-state index contributed by atoms with van der Waals surface area (Å²) in [6.07, 6.45) is 1.70. The van der Waals surface area contributed by atoms with E-state index >= 15 is 0 Å². The van der Waals surface area contributed by atoms with E-state index in [9.17, 15) is 0 Å². The van der Waals surface area contributed by atoms with Crippen LogP contribution in [0.1, 0.15) is 16.7 Å². The molecule has 2 aromatic rings. The maximum Gasteiger partial charge on any atom is 0.218 e. The molecule has 1 N–H and O–H groups in total. The number of methoxy groups -OCH3 is 1. The molecule has 1 aromatic carbocycles. The Morgan fingerprint density at radius 2 is 2.21 bits per heavy atom. The molecule has 0 radical (unpaired) electrons. The molecule has 1 heterocycles. The molecule has 96 valence electrons. The average molecular weight is 253 g/mol. The number of hydrogen-bond donors (Lipinski definition) is 1. The molecular weight excluding hydrogens is 238 g/mol. The molecule has 0 amide bonds. The van der Waals surface area contributed by atoms with E-state index in [-0.39, 0.29) is 0 Å². The highest BCUT2D eigenvalue weighted by Crippen LogP contribution is 2.18. The first-order valence-electron chi connectivity index (χ1n) is 5.97. The van der Waals surface area contributed by atoms with E-state index in [1.54, 1.807) is 13.3 Å². The average Bonchev–Trinajstić information content (AvgIpc) is 2.45. The maximum absolute atomic E-state index is 8.89. The fourth-order valence-corrected chi connectivity index (χ4v) is 1.84. The Balaban J connectivity index is 2.11. The zero-order chi connectivity index (χ0) is 13.7. The van der Waals surface area contributed by atoms with Crippen LogP contribution in [0.3, 0.4) is 0 Å². The molecule has 0 saturated carbocycles. The highest BCUT2D eigenvalue weighted by atomic mass is 16.5. The summed E-state index contributed by atoms with van der Waals surface area (Å²) in [5.41, 5.74) is 3.63. The number of hydrogen-bond acceptors (Lipinski definition) is 4. The van der Waals surface area contributed by atoms with Crippen molar-refractivity contribution in [3.8, 4) is 11.9 Å². The largest absolute Gasteiger partial charge is 0.481 e. The number of pyridine rings is 1. The second kappa shape index (κ2) is 5.87. The van der Waals surface area contributed by atoms with Crippen LogP contribution in [0.4, 0.5) is 5.69 Å². The zero-order valence-corrected chi connectivity index (χ0v) is 11.0. The maximum atomic E-state index is 8.89. The van der Waals surface area contributed by atoms with E-state index in [0.717, 1.165) is 16.8 Å². The summed E-state index contributed by atoms with van der Waals surface area (Å²) >= 11 is 0. The lowest BCUT2D eigenvalue weighted by Gasteiger charge is -2.10. The topological polar surface area (TPSA) is 57.9 Å². The molecule has 0 unspecified atom stereocenters. The minimum Gasteiger partial charge on any atom is -0.481 e. The SMILES string of the molecule is COc1ncccc1CNc1ccc(C#N)c(C)c1. The number of benzene rings is 1. The van der Waals surface area contributed by atoms with Crippen LogP contribution < -0.4 is 10.1 Å². The highest BCUT2D eigenvalue weighted by Gasteiger charge is 2.03. The number of ether oxygens (including phenoxy) is 1. The van der Waals surface area contributed by atoms with Crippen LogP contribution in [-0.2, 0) is 6.54 Å². The van der Waals surface area contributed by atoms with E-state index in [1.807, 2.05) is 37.3 Å². The van der Waals surface area contributed by atoms with Gasteiger partial charge in [-0.05, 0) is 36.8 Å². The van der Waals surface area contributed by atoms with Crippen LogP contribution in [0, 0.1) is 18.3 Å². The van der Waals surface area contributed by atoms with E-state index < -0.39 is 0 Å². The minimum atomic E-state index is 0.625. The molecule has 19 heavy (non-hydrogen) atoms. The number of nitrogens with one attached hydrogen (secondary N) is 1. The van der Waals surface area contributed by atoms with Crippen molar-refractivity contribution >= 4 is 5.69 Å². The number of anilines is 1. The second-order valence-corrected chi connectivity index (χ2v) is 4.17. The van der Waals surface area contributed by atoms with Crippen molar-refractivity contribution in [3.05, 3.63) is 53.2 Å². The standard InChI is InChI=1S/C15H15N3O/c1-11-8-14(6-5-12(11)9-16)18-10-13-4-3-7-17-15(13)19-2/h3-8,18H,10H2,1-2H3. The van der Waals surface area contributed by atoms with Crippen LogP contribution in [0.15, 0.2) is 36.5 Å². The van der Waals surface area contributed by atoms with Crippen LogP contribution in [-0.4, -0.2) is 12.1 Å². The van der Waals surface area contributed by atoms with E-state index in [0.29, 0.717) is 18.0 Å². The predicted octanol–water partition coefficient (Wildman–Crippen LogP) is 2.88. The number of aromatic nitrogens is 1. The molecule has 4 nitrogen and oxygen atoms in total. The van der Waals surface area contributed by atoms with Gasteiger partial charge in [-0.15, -0.1) is 0 Å². The van der Waals surface area contributed by atoms with Crippen LogP contribution in [0.5, 0.6) is 5.88 Å². The van der Waals surface area contributed by atoms with Crippen molar-refractivity contribution in [2.45, 2.75) is 13.5 Å². The summed E-state index contributed by atoms with van der Waals surface area (Å²) in [7, 11) is 1.61. The second-order valence-electron chi connectivity index (χ2n) is 4.17. The predicted molar refractivity (Wildman–Crippen MR) is 74.0 cm³/mol. The van der Waals surface area contributed by atoms with E-state index in [1.165, 1.54) is 0 Å². The zero-order valence-electron chi connectivity index (χ0n) is 11.0. The lowest BCUT2D eigenvalue weighted by atomic mass is 10.1. The first-order valence-corrected chi connectivity index (χ1v) is 5.97. The number of nitriles is 1. The molecule has 4 heteroatoms. The van der Waals surface area contributed by atoms with Crippen molar-refractivity contribution in [2.75, 3.05) is 12.4 Å². The first kappa shape index (κ1) is 12.9. The monoisotopic (exact) mass is 253 g/mol. The van der Waals surface area contributed by atoms with Gasteiger partial charge < -0.3 is 10.1 Å². The van der Waals surface area contributed by atoms with Gasteiger partial charge in [0.15, 0.2) is 0 Å². The van der Waals surface area contributed by atoms with Gasteiger partial charge in [0.2, 0.25) is 5.88 Å². The van der Waals surface area contributed by atoms with Crippen LogP contribution >= 0.6 is 0 Å². The molecule has 0 aliphatic heterocycles. The van der Waals surface area contributed by atoms with Crippen molar-refractivity contribution < 1.29 is 4.74 Å². The minimum absolute atomic E-state index is 0.625. The van der Waals surface area contributed by atoms with E-state index in [2.05, 4.69) is 16.4 Å². The molecule has 0 aliphatic rings. The number of nitrogens with zero attached hydrogens (tertiary/aromatic N) is 2. The lowest BCUT2D eigenvalue weighted by Crippen LogP contribution is -2.03. The Hall–Kier alpha value is -2.54. The normalized spacial score (nSPS) is 9.74. The van der Waals surface area contributed by atoms with Gasteiger partial charge in [0.05, 0.1) is 18.7 Å². The van der Waals surface area contributed by atoms with Crippen molar-refractivity contribution in [3.63, 3.8) is 0 Å². The quantitative estimate of drug-likeness (QED) is 0.910. The van der Waals surface area contributed by atoms with Gasteiger partial charge in [0.25, 0.3) is 0 Å². The fraction of sp³-hybridized carbons (Fsp3) is 0.200. The van der Waals surface area contributed by atoms with E-state index in [4.69, 9.17) is 10.00 Å². The third-order valence-electron chi connectivity index (χ3n) is 2.87. The molecular formula is C15H15N3O. The van der Waals surface area contributed by atoms with Crippen molar-refractivity contribution in [1.82, 2.24) is 4.98 Å². The van der Waals surface area contributed by atoms with Crippen molar-refractivity contribution in [1.29, 1.82) is 5.26 Å². The Morgan fingerprint density at radius 3 is 2.89 bits per heavy atom. The summed E-state index contributed by atoms with van der Waals surface area (Å²) in [6, 6.07) is 11.7.